The number of halogens is 1. The van der Waals surface area contributed by atoms with Crippen LogP contribution in [0.25, 0.3) is 17.3 Å². The zero-order chi connectivity index (χ0) is 25.7. The molecule has 0 spiro atoms. The van der Waals surface area contributed by atoms with Gasteiger partial charge in [-0.25, -0.2) is 4.79 Å². The van der Waals surface area contributed by atoms with Crippen molar-refractivity contribution in [3.8, 4) is 28.5 Å². The predicted molar refractivity (Wildman–Crippen MR) is 140 cm³/mol. The second kappa shape index (κ2) is 11.5. The molecule has 0 radical (unpaired) electrons. The molecule has 0 unspecified atom stereocenters. The van der Waals surface area contributed by atoms with Gasteiger partial charge in [0, 0.05) is 52.2 Å². The molecule has 3 aromatic rings. The highest BCUT2D eigenvalue weighted by molar-refractivity contribution is 6.30. The molecule has 1 N–H and O–H groups in total. The van der Waals surface area contributed by atoms with Crippen molar-refractivity contribution in [2.24, 2.45) is 0 Å². The van der Waals surface area contributed by atoms with Crippen LogP contribution in [0.2, 0.25) is 5.02 Å². The van der Waals surface area contributed by atoms with E-state index in [-0.39, 0.29) is 18.8 Å². The Morgan fingerprint density at radius 1 is 1.28 bits per heavy atom. The van der Waals surface area contributed by atoms with Gasteiger partial charge >= 0.3 is 5.97 Å². The van der Waals surface area contributed by atoms with Gasteiger partial charge in [-0.05, 0) is 49.8 Å². The number of aromatic nitrogens is 2. The van der Waals surface area contributed by atoms with Crippen LogP contribution in [-0.2, 0) is 28.9 Å². The molecule has 7 nitrogen and oxygen atoms in total. The molecule has 4 rings (SSSR count). The summed E-state index contributed by atoms with van der Waals surface area (Å²) in [7, 11) is 1.62. The Bertz CT molecular complexity index is 1280. The molecule has 0 fully saturated rings. The van der Waals surface area contributed by atoms with E-state index in [1.54, 1.807) is 38.4 Å². The molecular formula is C28H31ClN2O5. The lowest BCUT2D eigenvalue weighted by molar-refractivity contribution is -0.138. The molecule has 2 heterocycles. The molecule has 0 saturated heterocycles. The molecule has 1 aliphatic rings. The first-order valence-corrected chi connectivity index (χ1v) is 12.6. The van der Waals surface area contributed by atoms with E-state index in [2.05, 4.69) is 12.0 Å². The summed E-state index contributed by atoms with van der Waals surface area (Å²) in [5.74, 6) is 1.14. The second-order valence-corrected chi connectivity index (χ2v) is 9.06. The summed E-state index contributed by atoms with van der Waals surface area (Å²) in [4.78, 5) is 13.1. The van der Waals surface area contributed by atoms with E-state index in [9.17, 15) is 9.90 Å². The molecule has 1 aliphatic heterocycles. The predicted octanol–water partition coefficient (Wildman–Crippen LogP) is 5.84. The molecule has 190 valence electrons. The highest BCUT2D eigenvalue weighted by atomic mass is 35.5. The van der Waals surface area contributed by atoms with Crippen molar-refractivity contribution in [1.29, 1.82) is 0 Å². The third kappa shape index (κ3) is 5.51. The summed E-state index contributed by atoms with van der Waals surface area (Å²) in [5, 5.41) is 15.7. The first-order valence-electron chi connectivity index (χ1n) is 12.2. The van der Waals surface area contributed by atoms with Gasteiger partial charge in [0.1, 0.15) is 17.2 Å². The Labute approximate surface area is 216 Å². The number of hydrogen-bond donors (Lipinski definition) is 1. The summed E-state index contributed by atoms with van der Waals surface area (Å²) >= 11 is 6.08. The number of phenolic OH excluding ortho intramolecular Hbond substituents is 1. The van der Waals surface area contributed by atoms with Crippen molar-refractivity contribution >= 4 is 23.6 Å². The lowest BCUT2D eigenvalue weighted by atomic mass is 9.98. The monoisotopic (exact) mass is 510 g/mol. The van der Waals surface area contributed by atoms with Crippen molar-refractivity contribution < 1.29 is 24.1 Å². The molecule has 0 aliphatic carbocycles. The number of ether oxygens (including phenoxy) is 3. The van der Waals surface area contributed by atoms with Crippen molar-refractivity contribution in [1.82, 2.24) is 9.78 Å². The largest absolute Gasteiger partial charge is 0.507 e. The number of carbonyl (C=O) groups is 1. The van der Waals surface area contributed by atoms with Crippen molar-refractivity contribution in [2.45, 2.75) is 46.1 Å². The van der Waals surface area contributed by atoms with Gasteiger partial charge in [0.15, 0.2) is 0 Å². The first kappa shape index (κ1) is 25.6. The quantitative estimate of drug-likeness (QED) is 0.272. The summed E-state index contributed by atoms with van der Waals surface area (Å²) in [6.07, 6.45) is 6.52. The van der Waals surface area contributed by atoms with Gasteiger partial charge in [-0.1, -0.05) is 24.9 Å². The highest BCUT2D eigenvalue weighted by Gasteiger charge is 2.22. The van der Waals surface area contributed by atoms with E-state index >= 15 is 0 Å². The van der Waals surface area contributed by atoms with Gasteiger partial charge in [0.2, 0.25) is 0 Å². The van der Waals surface area contributed by atoms with Gasteiger partial charge in [0.05, 0.1) is 32.2 Å². The first-order chi connectivity index (χ1) is 17.4. The third-order valence-corrected chi connectivity index (χ3v) is 6.38. The molecule has 8 heteroatoms. The van der Waals surface area contributed by atoms with E-state index in [4.69, 9.17) is 25.8 Å². The summed E-state index contributed by atoms with van der Waals surface area (Å²) in [6, 6.07) is 8.90. The molecule has 36 heavy (non-hydrogen) atoms. The van der Waals surface area contributed by atoms with Crippen LogP contribution >= 0.6 is 11.6 Å². The Morgan fingerprint density at radius 3 is 2.83 bits per heavy atom. The molecular weight excluding hydrogens is 480 g/mol. The average molecular weight is 511 g/mol. The zero-order valence-corrected chi connectivity index (χ0v) is 21.6. The Balaban J connectivity index is 1.81. The molecule has 0 bridgehead atoms. The number of benzene rings is 2. The van der Waals surface area contributed by atoms with Crippen molar-refractivity contribution in [3.05, 3.63) is 63.8 Å². The van der Waals surface area contributed by atoms with Crippen LogP contribution < -0.4 is 9.47 Å². The number of aryl methyl sites for hydroxylation is 1. The zero-order valence-electron chi connectivity index (χ0n) is 20.8. The van der Waals surface area contributed by atoms with Crippen LogP contribution in [0.3, 0.4) is 0 Å². The van der Waals surface area contributed by atoms with Crippen LogP contribution in [-0.4, -0.2) is 41.2 Å². The van der Waals surface area contributed by atoms with Gasteiger partial charge < -0.3 is 19.3 Å². The number of nitrogens with zero attached hydrogens (tertiary/aromatic N) is 2. The van der Waals surface area contributed by atoms with E-state index in [0.29, 0.717) is 46.3 Å². The third-order valence-electron chi connectivity index (χ3n) is 6.15. The number of methoxy groups -OCH3 is 1. The fourth-order valence-corrected chi connectivity index (χ4v) is 4.52. The van der Waals surface area contributed by atoms with E-state index in [0.717, 1.165) is 36.1 Å². The van der Waals surface area contributed by atoms with Gasteiger partial charge in [0.25, 0.3) is 0 Å². The van der Waals surface area contributed by atoms with E-state index < -0.39 is 5.97 Å². The molecule has 1 aromatic heterocycles. The minimum atomic E-state index is -0.423. The molecule has 0 amide bonds. The number of esters is 1. The smallest absolute Gasteiger partial charge is 0.334 e. The summed E-state index contributed by atoms with van der Waals surface area (Å²) in [6.45, 7) is 5.44. The van der Waals surface area contributed by atoms with Crippen LogP contribution in [0, 0.1) is 0 Å². The minimum Gasteiger partial charge on any atom is -0.507 e. The number of rotatable bonds is 10. The topological polar surface area (TPSA) is 82.8 Å². The maximum Gasteiger partial charge on any atom is 0.334 e. The number of phenols is 1. The molecule has 2 aromatic carbocycles. The fourth-order valence-electron chi connectivity index (χ4n) is 4.35. The number of aromatic hydroxyl groups is 1. The lowest BCUT2D eigenvalue weighted by Crippen LogP contribution is -2.11. The maximum atomic E-state index is 13.1. The SMILES string of the molecule is CCCCn1ncc(/C=C(\Cc2cc3c(cc2OC)CCO3)C(=O)OCC)c1-c1ccc(Cl)cc1O. The number of carbonyl (C=O) groups excluding carboxylic acids is 1. The standard InChI is InChI=1S/C28H31ClN2O5/c1-4-6-10-31-27(23-8-7-22(29)16-24(23)32)21(17-30-31)13-20(28(33)35-5-2)12-19-15-26-18(9-11-36-26)14-25(19)34-3/h7-8,13-17,32H,4-6,9-12H2,1-3H3/b20-13+. The second-order valence-electron chi connectivity index (χ2n) is 8.62. The van der Waals surface area contributed by atoms with Crippen LogP contribution in [0.5, 0.6) is 17.2 Å². The fraction of sp³-hybridized carbons (Fsp3) is 0.357. The number of unbranched alkanes of at least 4 members (excludes halogenated alkanes) is 1. The van der Waals surface area contributed by atoms with E-state index in [1.165, 1.54) is 6.07 Å². The van der Waals surface area contributed by atoms with Crippen LogP contribution in [0.15, 0.2) is 42.1 Å². The molecule has 0 atom stereocenters. The summed E-state index contributed by atoms with van der Waals surface area (Å²) < 4.78 is 18.6. The van der Waals surface area contributed by atoms with Crippen LogP contribution in [0.1, 0.15) is 43.4 Å². The van der Waals surface area contributed by atoms with Gasteiger partial charge in [-0.3, -0.25) is 4.68 Å². The Morgan fingerprint density at radius 2 is 2.11 bits per heavy atom. The highest BCUT2D eigenvalue weighted by Crippen LogP contribution is 2.37. The summed E-state index contributed by atoms with van der Waals surface area (Å²) in [5.41, 5.74) is 4.36. The van der Waals surface area contributed by atoms with Crippen molar-refractivity contribution in [2.75, 3.05) is 20.3 Å². The van der Waals surface area contributed by atoms with E-state index in [1.807, 2.05) is 16.8 Å². The Hall–Kier alpha value is -3.45. The van der Waals surface area contributed by atoms with Crippen LogP contribution in [0.4, 0.5) is 0 Å². The lowest BCUT2D eigenvalue weighted by Gasteiger charge is -2.14. The van der Waals surface area contributed by atoms with Crippen molar-refractivity contribution in [3.63, 3.8) is 0 Å². The number of hydrogen-bond acceptors (Lipinski definition) is 6. The molecule has 0 saturated carbocycles. The van der Waals surface area contributed by atoms with Gasteiger partial charge in [-0.15, -0.1) is 0 Å². The Kier molecular flexibility index (Phi) is 8.21. The minimum absolute atomic E-state index is 0.0468. The van der Waals surface area contributed by atoms with Gasteiger partial charge in [-0.2, -0.15) is 5.10 Å². The normalized spacial score (nSPS) is 12.8. The number of fused-ring (bicyclic) bond motifs is 1. The maximum absolute atomic E-state index is 13.1. The average Bonchev–Trinajstić information content (AvgIpc) is 3.48.